The Morgan fingerprint density at radius 3 is 2.43 bits per heavy atom. The summed E-state index contributed by atoms with van der Waals surface area (Å²) in [5.74, 6) is 0.962. The molecule has 0 radical (unpaired) electrons. The predicted octanol–water partition coefficient (Wildman–Crippen LogP) is 2.91. The van der Waals surface area contributed by atoms with Crippen LogP contribution in [0, 0.1) is 5.92 Å². The Hall–Kier alpha value is -1.55. The largest absolute Gasteiger partial charge is 0.497 e. The second-order valence-electron chi connectivity index (χ2n) is 5.53. The molecule has 4 heteroatoms. The minimum absolute atomic E-state index is 0.0221. The van der Waals surface area contributed by atoms with Crippen molar-refractivity contribution in [2.24, 2.45) is 5.92 Å². The molecule has 0 amide bonds. The number of nitrogens with one attached hydrogen (secondary N) is 1. The molecule has 2 rings (SSSR count). The highest BCUT2D eigenvalue weighted by molar-refractivity contribution is 5.72. The first kappa shape index (κ1) is 15.8. The summed E-state index contributed by atoms with van der Waals surface area (Å²) in [7, 11) is 1.68. The SMILES string of the molecule is CCOC(=O)C1CCC(NCc2ccc(OC)cc2)CC1. The number of carbonyl (C=O) groups excluding carboxylic acids is 1. The van der Waals surface area contributed by atoms with Gasteiger partial charge in [-0.15, -0.1) is 0 Å². The van der Waals surface area contributed by atoms with Crippen LogP contribution < -0.4 is 10.1 Å². The van der Waals surface area contributed by atoms with E-state index in [1.54, 1.807) is 7.11 Å². The average molecular weight is 291 g/mol. The molecule has 1 aliphatic rings. The van der Waals surface area contributed by atoms with Crippen molar-refractivity contribution in [3.63, 3.8) is 0 Å². The third-order valence-electron chi connectivity index (χ3n) is 4.10. The number of hydrogen-bond acceptors (Lipinski definition) is 4. The van der Waals surface area contributed by atoms with Crippen LogP contribution in [0.3, 0.4) is 0 Å². The maximum atomic E-state index is 11.7. The lowest BCUT2D eigenvalue weighted by atomic mass is 9.86. The van der Waals surface area contributed by atoms with Crippen LogP contribution in [0.15, 0.2) is 24.3 Å². The van der Waals surface area contributed by atoms with E-state index in [0.29, 0.717) is 12.6 Å². The molecule has 4 nitrogen and oxygen atoms in total. The van der Waals surface area contributed by atoms with E-state index in [9.17, 15) is 4.79 Å². The third-order valence-corrected chi connectivity index (χ3v) is 4.10. The number of ether oxygens (including phenoxy) is 2. The van der Waals surface area contributed by atoms with E-state index in [1.165, 1.54) is 5.56 Å². The predicted molar refractivity (Wildman–Crippen MR) is 82.2 cm³/mol. The van der Waals surface area contributed by atoms with E-state index < -0.39 is 0 Å². The number of benzene rings is 1. The summed E-state index contributed by atoms with van der Waals surface area (Å²) in [6.07, 6.45) is 3.94. The molecule has 1 fully saturated rings. The Morgan fingerprint density at radius 2 is 1.86 bits per heavy atom. The molecule has 0 aliphatic heterocycles. The fraction of sp³-hybridized carbons (Fsp3) is 0.588. The molecule has 1 aromatic carbocycles. The molecule has 1 N–H and O–H groups in total. The zero-order valence-electron chi connectivity index (χ0n) is 12.9. The van der Waals surface area contributed by atoms with Gasteiger partial charge in [0.2, 0.25) is 0 Å². The summed E-state index contributed by atoms with van der Waals surface area (Å²) in [5, 5.41) is 3.57. The lowest BCUT2D eigenvalue weighted by molar-refractivity contribution is -0.149. The van der Waals surface area contributed by atoms with Crippen LogP contribution in [0.1, 0.15) is 38.2 Å². The van der Waals surface area contributed by atoms with Gasteiger partial charge in [-0.25, -0.2) is 0 Å². The van der Waals surface area contributed by atoms with Crippen molar-refractivity contribution in [1.29, 1.82) is 0 Å². The van der Waals surface area contributed by atoms with Crippen molar-refractivity contribution in [2.45, 2.75) is 45.2 Å². The van der Waals surface area contributed by atoms with Crippen molar-refractivity contribution < 1.29 is 14.3 Å². The van der Waals surface area contributed by atoms with Gasteiger partial charge in [0.15, 0.2) is 0 Å². The van der Waals surface area contributed by atoms with Crippen LogP contribution in [0.4, 0.5) is 0 Å². The molecule has 0 heterocycles. The van der Waals surface area contributed by atoms with Crippen molar-refractivity contribution in [3.05, 3.63) is 29.8 Å². The lowest BCUT2D eigenvalue weighted by Gasteiger charge is -2.28. The van der Waals surface area contributed by atoms with Gasteiger partial charge in [-0.3, -0.25) is 4.79 Å². The molecule has 1 saturated carbocycles. The zero-order chi connectivity index (χ0) is 15.1. The van der Waals surface area contributed by atoms with Gasteiger partial charge in [-0.2, -0.15) is 0 Å². The number of esters is 1. The van der Waals surface area contributed by atoms with Gasteiger partial charge in [0.25, 0.3) is 0 Å². The van der Waals surface area contributed by atoms with Gasteiger partial charge >= 0.3 is 5.97 Å². The van der Waals surface area contributed by atoms with E-state index in [2.05, 4.69) is 17.4 Å². The van der Waals surface area contributed by atoms with Gasteiger partial charge in [0.05, 0.1) is 19.6 Å². The van der Waals surface area contributed by atoms with Crippen molar-refractivity contribution in [3.8, 4) is 5.75 Å². The van der Waals surface area contributed by atoms with Gasteiger partial charge < -0.3 is 14.8 Å². The molecule has 21 heavy (non-hydrogen) atoms. The molecular formula is C17H25NO3. The van der Waals surface area contributed by atoms with E-state index in [4.69, 9.17) is 9.47 Å². The fourth-order valence-corrected chi connectivity index (χ4v) is 2.80. The number of methoxy groups -OCH3 is 1. The van der Waals surface area contributed by atoms with Gasteiger partial charge in [0, 0.05) is 12.6 Å². The Kier molecular flexibility index (Phi) is 6.05. The highest BCUT2D eigenvalue weighted by Crippen LogP contribution is 2.25. The van der Waals surface area contributed by atoms with E-state index in [1.807, 2.05) is 19.1 Å². The normalized spacial score (nSPS) is 21.8. The summed E-state index contributed by atoms with van der Waals surface area (Å²) in [5.41, 5.74) is 1.25. The minimum atomic E-state index is -0.0221. The lowest BCUT2D eigenvalue weighted by Crippen LogP contribution is -2.35. The van der Waals surface area contributed by atoms with E-state index in [0.717, 1.165) is 38.0 Å². The Balaban J connectivity index is 1.72. The summed E-state index contributed by atoms with van der Waals surface area (Å²) in [6, 6.07) is 8.62. The van der Waals surface area contributed by atoms with Gasteiger partial charge in [-0.1, -0.05) is 12.1 Å². The smallest absolute Gasteiger partial charge is 0.308 e. The van der Waals surface area contributed by atoms with Crippen LogP contribution in [0.25, 0.3) is 0 Å². The molecular weight excluding hydrogens is 266 g/mol. The second kappa shape index (κ2) is 8.03. The van der Waals surface area contributed by atoms with Crippen LogP contribution >= 0.6 is 0 Å². The Bertz CT molecular complexity index is 436. The van der Waals surface area contributed by atoms with Gasteiger partial charge in [-0.05, 0) is 50.3 Å². The highest BCUT2D eigenvalue weighted by Gasteiger charge is 2.26. The van der Waals surface area contributed by atoms with Crippen LogP contribution in [0.5, 0.6) is 5.75 Å². The first-order valence-corrected chi connectivity index (χ1v) is 7.76. The standard InChI is InChI=1S/C17H25NO3/c1-3-21-17(19)14-6-8-15(9-7-14)18-12-13-4-10-16(20-2)11-5-13/h4-5,10-11,14-15,18H,3,6-9,12H2,1-2H3. The summed E-state index contributed by atoms with van der Waals surface area (Å²) in [6.45, 7) is 3.20. The molecule has 0 bridgehead atoms. The molecule has 1 aliphatic carbocycles. The molecule has 0 saturated heterocycles. The highest BCUT2D eigenvalue weighted by atomic mass is 16.5. The monoisotopic (exact) mass is 291 g/mol. The zero-order valence-corrected chi connectivity index (χ0v) is 12.9. The third kappa shape index (κ3) is 4.74. The summed E-state index contributed by atoms with van der Waals surface area (Å²) >= 11 is 0. The number of rotatable bonds is 6. The Morgan fingerprint density at radius 1 is 1.19 bits per heavy atom. The average Bonchev–Trinajstić information content (AvgIpc) is 2.54. The van der Waals surface area contributed by atoms with Crippen LogP contribution in [0.2, 0.25) is 0 Å². The minimum Gasteiger partial charge on any atom is -0.497 e. The quantitative estimate of drug-likeness (QED) is 0.819. The molecule has 1 aromatic rings. The maximum Gasteiger partial charge on any atom is 0.308 e. The van der Waals surface area contributed by atoms with E-state index >= 15 is 0 Å². The maximum absolute atomic E-state index is 11.7. The topological polar surface area (TPSA) is 47.6 Å². The Labute approximate surface area is 126 Å². The van der Waals surface area contributed by atoms with E-state index in [-0.39, 0.29) is 11.9 Å². The molecule has 0 unspecified atom stereocenters. The summed E-state index contributed by atoms with van der Waals surface area (Å²) in [4.78, 5) is 11.7. The van der Waals surface area contributed by atoms with Crippen LogP contribution in [-0.4, -0.2) is 25.7 Å². The molecule has 0 spiro atoms. The van der Waals surface area contributed by atoms with Crippen molar-refractivity contribution >= 4 is 5.97 Å². The van der Waals surface area contributed by atoms with Crippen molar-refractivity contribution in [2.75, 3.05) is 13.7 Å². The first-order valence-electron chi connectivity index (χ1n) is 7.76. The van der Waals surface area contributed by atoms with Gasteiger partial charge in [0.1, 0.15) is 5.75 Å². The van der Waals surface area contributed by atoms with Crippen molar-refractivity contribution in [1.82, 2.24) is 5.32 Å². The summed E-state index contributed by atoms with van der Waals surface area (Å²) < 4.78 is 10.3. The first-order chi connectivity index (χ1) is 10.2. The second-order valence-corrected chi connectivity index (χ2v) is 5.53. The number of hydrogen-bond donors (Lipinski definition) is 1. The molecule has 0 atom stereocenters. The van der Waals surface area contributed by atoms with Crippen LogP contribution in [-0.2, 0) is 16.1 Å². The fourth-order valence-electron chi connectivity index (χ4n) is 2.80. The molecule has 0 aromatic heterocycles. The number of carbonyl (C=O) groups is 1. The molecule has 116 valence electrons.